The molecule has 3 aromatic carbocycles. The van der Waals surface area contributed by atoms with Crippen LogP contribution in [0.1, 0.15) is 22.5 Å². The van der Waals surface area contributed by atoms with Gasteiger partial charge in [0.05, 0.1) is 17.0 Å². The van der Waals surface area contributed by atoms with Crippen molar-refractivity contribution in [1.29, 1.82) is 0 Å². The van der Waals surface area contributed by atoms with Gasteiger partial charge in [0, 0.05) is 35.2 Å². The van der Waals surface area contributed by atoms with Gasteiger partial charge in [0.25, 0.3) is 0 Å². The summed E-state index contributed by atoms with van der Waals surface area (Å²) in [5, 5.41) is 0.409. The SMILES string of the molecule is Sc1ccc(-c2ccc(-c3cc4c(-c5cnc(-c6cnc(S)nc6)nc5)cc3/C=C\c3cccc(n3)/C=C\4)cc2)cc1. The molecule has 5 heterocycles. The van der Waals surface area contributed by atoms with Crippen molar-refractivity contribution in [3.05, 3.63) is 126 Å². The molecule has 0 saturated carbocycles. The van der Waals surface area contributed by atoms with Gasteiger partial charge < -0.3 is 0 Å². The van der Waals surface area contributed by atoms with Crippen LogP contribution in [-0.4, -0.2) is 24.9 Å². The number of hydrogen-bond acceptors (Lipinski definition) is 7. The van der Waals surface area contributed by atoms with E-state index in [2.05, 4.69) is 112 Å². The van der Waals surface area contributed by atoms with Gasteiger partial charge in [0.15, 0.2) is 11.0 Å². The zero-order valence-electron chi connectivity index (χ0n) is 22.3. The summed E-state index contributed by atoms with van der Waals surface area (Å²) in [6.45, 7) is 0. The third-order valence-corrected chi connectivity index (χ3v) is 7.67. The molecule has 0 unspecified atom stereocenters. The second-order valence-electron chi connectivity index (χ2n) is 9.87. The van der Waals surface area contributed by atoms with E-state index in [1.807, 2.05) is 48.8 Å². The van der Waals surface area contributed by atoms with Crippen LogP contribution in [0.5, 0.6) is 0 Å². The van der Waals surface area contributed by atoms with Gasteiger partial charge >= 0.3 is 0 Å². The van der Waals surface area contributed by atoms with Crippen molar-refractivity contribution in [2.24, 2.45) is 0 Å². The summed E-state index contributed by atoms with van der Waals surface area (Å²) in [5.41, 5.74) is 11.2. The largest absolute Gasteiger partial charge is 0.249 e. The van der Waals surface area contributed by atoms with Crippen molar-refractivity contribution in [2.75, 3.05) is 0 Å². The molecule has 0 saturated heterocycles. The molecule has 3 aromatic heterocycles. The molecule has 2 aliphatic heterocycles. The van der Waals surface area contributed by atoms with Crippen LogP contribution >= 0.6 is 25.3 Å². The van der Waals surface area contributed by atoms with E-state index < -0.39 is 0 Å². The first-order valence-electron chi connectivity index (χ1n) is 13.3. The molecule has 5 nitrogen and oxygen atoms in total. The third kappa shape index (κ3) is 5.40. The number of fused-ring (bicyclic) bond motifs is 2. The summed E-state index contributed by atoms with van der Waals surface area (Å²) in [6, 6.07) is 27.4. The number of nitrogens with zero attached hydrogens (tertiary/aromatic N) is 5. The minimum Gasteiger partial charge on any atom is -0.249 e. The lowest BCUT2D eigenvalue weighted by Crippen LogP contribution is -1.95. The summed E-state index contributed by atoms with van der Waals surface area (Å²) in [6.07, 6.45) is 15.4. The molecule has 200 valence electrons. The van der Waals surface area contributed by atoms with E-state index in [4.69, 9.17) is 4.98 Å². The van der Waals surface area contributed by atoms with Crippen LogP contribution in [0.25, 0.3) is 69.1 Å². The minimum absolute atomic E-state index is 0.409. The molecule has 2 aliphatic rings. The zero-order chi connectivity index (χ0) is 28.5. The summed E-state index contributed by atoms with van der Waals surface area (Å²) in [5.74, 6) is 0.558. The zero-order valence-corrected chi connectivity index (χ0v) is 24.0. The summed E-state index contributed by atoms with van der Waals surface area (Å²) in [4.78, 5) is 23.3. The van der Waals surface area contributed by atoms with Crippen LogP contribution in [0.15, 0.2) is 114 Å². The quantitative estimate of drug-likeness (QED) is 0.162. The smallest absolute Gasteiger partial charge is 0.184 e. The number of rotatable bonds is 4. The number of hydrogen-bond donors (Lipinski definition) is 2. The fourth-order valence-electron chi connectivity index (χ4n) is 4.96. The standard InChI is InChI=1S/C35H23N5S2/c41-31-14-10-23(11-15-31)22-4-6-24(7-5-22)32-16-26-9-13-30-3-1-2-29(40-30)12-8-25(32)17-33(26)27-18-36-34(37-19-27)28-20-38-35(42)39-21-28/h1-21,41H,(H,38,39,42)/b12-8-,13-9-. The van der Waals surface area contributed by atoms with E-state index >= 15 is 0 Å². The van der Waals surface area contributed by atoms with Crippen LogP contribution in [0, 0.1) is 0 Å². The van der Waals surface area contributed by atoms with E-state index in [0.717, 1.165) is 66.4 Å². The van der Waals surface area contributed by atoms with Gasteiger partial charge in [-0.15, -0.1) is 25.3 Å². The highest BCUT2D eigenvalue weighted by atomic mass is 32.1. The third-order valence-electron chi connectivity index (χ3n) is 7.14. The molecule has 0 N–H and O–H groups in total. The Labute approximate surface area is 254 Å². The molecule has 0 atom stereocenters. The molecule has 0 radical (unpaired) electrons. The van der Waals surface area contributed by atoms with Crippen molar-refractivity contribution < 1.29 is 0 Å². The average Bonchev–Trinajstić information content (AvgIpc) is 3.07. The lowest BCUT2D eigenvalue weighted by molar-refractivity contribution is 0.970. The van der Waals surface area contributed by atoms with Crippen molar-refractivity contribution in [3.8, 4) is 44.8 Å². The molecular weight excluding hydrogens is 555 g/mol. The second-order valence-corrected chi connectivity index (χ2v) is 10.8. The average molecular weight is 578 g/mol. The Morgan fingerprint density at radius 2 is 0.952 bits per heavy atom. The van der Waals surface area contributed by atoms with E-state index in [1.54, 1.807) is 12.4 Å². The van der Waals surface area contributed by atoms with Gasteiger partial charge in [-0.05, 0) is 87.5 Å². The van der Waals surface area contributed by atoms with Crippen molar-refractivity contribution >= 4 is 49.6 Å². The maximum Gasteiger partial charge on any atom is 0.184 e. The monoisotopic (exact) mass is 577 g/mol. The number of pyridine rings is 1. The fraction of sp³-hybridized carbons (Fsp3) is 0. The fourth-order valence-corrected chi connectivity index (χ4v) is 5.23. The van der Waals surface area contributed by atoms with Crippen molar-refractivity contribution in [3.63, 3.8) is 0 Å². The molecule has 8 rings (SSSR count). The van der Waals surface area contributed by atoms with Crippen LogP contribution in [0.4, 0.5) is 0 Å². The van der Waals surface area contributed by atoms with Crippen LogP contribution in [-0.2, 0) is 0 Å². The van der Waals surface area contributed by atoms with Crippen molar-refractivity contribution in [1.82, 2.24) is 24.9 Å². The van der Waals surface area contributed by atoms with Crippen LogP contribution in [0.3, 0.4) is 0 Å². The van der Waals surface area contributed by atoms with Gasteiger partial charge in [-0.2, -0.15) is 0 Å². The number of aromatic nitrogens is 5. The molecule has 0 aliphatic carbocycles. The Bertz CT molecular complexity index is 1820. The van der Waals surface area contributed by atoms with Gasteiger partial charge in [0.1, 0.15) is 0 Å². The molecule has 0 spiro atoms. The van der Waals surface area contributed by atoms with Gasteiger partial charge in [0.2, 0.25) is 0 Å². The highest BCUT2D eigenvalue weighted by Crippen LogP contribution is 2.36. The normalized spacial score (nSPS) is 13.4. The maximum absolute atomic E-state index is 4.78. The van der Waals surface area contributed by atoms with Crippen molar-refractivity contribution in [2.45, 2.75) is 10.1 Å². The highest BCUT2D eigenvalue weighted by molar-refractivity contribution is 7.80. The first-order valence-corrected chi connectivity index (χ1v) is 14.2. The van der Waals surface area contributed by atoms with Crippen LogP contribution < -0.4 is 0 Å². The Kier molecular flexibility index (Phi) is 6.95. The van der Waals surface area contributed by atoms with E-state index in [-0.39, 0.29) is 0 Å². The summed E-state index contributed by atoms with van der Waals surface area (Å²) < 4.78 is 0. The lowest BCUT2D eigenvalue weighted by atomic mass is 9.90. The summed E-state index contributed by atoms with van der Waals surface area (Å²) in [7, 11) is 0. The first-order chi connectivity index (χ1) is 20.6. The second kappa shape index (κ2) is 11.2. The maximum atomic E-state index is 4.78. The predicted molar refractivity (Wildman–Crippen MR) is 176 cm³/mol. The highest BCUT2D eigenvalue weighted by Gasteiger charge is 2.14. The Morgan fingerprint density at radius 3 is 1.55 bits per heavy atom. The molecular formula is C35H23N5S2. The molecule has 0 fully saturated rings. The Morgan fingerprint density at radius 1 is 0.452 bits per heavy atom. The van der Waals surface area contributed by atoms with Gasteiger partial charge in [-0.3, -0.25) is 0 Å². The van der Waals surface area contributed by atoms with Gasteiger partial charge in [-0.1, -0.05) is 54.6 Å². The minimum atomic E-state index is 0.409. The molecule has 6 aromatic rings. The first kappa shape index (κ1) is 26.1. The lowest BCUT2D eigenvalue weighted by Gasteiger charge is -2.14. The number of benzene rings is 3. The van der Waals surface area contributed by atoms with E-state index in [1.165, 1.54) is 0 Å². The number of thiol groups is 2. The van der Waals surface area contributed by atoms with E-state index in [0.29, 0.717) is 11.0 Å². The predicted octanol–water partition coefficient (Wildman–Crippen LogP) is 8.56. The van der Waals surface area contributed by atoms with Gasteiger partial charge in [-0.25, -0.2) is 24.9 Å². The molecule has 7 heteroatoms. The summed E-state index contributed by atoms with van der Waals surface area (Å²) >= 11 is 8.58. The Balaban J connectivity index is 1.33. The molecule has 4 bridgehead atoms. The van der Waals surface area contributed by atoms with E-state index in [9.17, 15) is 0 Å². The van der Waals surface area contributed by atoms with Crippen LogP contribution in [0.2, 0.25) is 0 Å². The molecule has 0 amide bonds. The molecule has 42 heavy (non-hydrogen) atoms. The Hall–Kier alpha value is -4.85. The topological polar surface area (TPSA) is 64.5 Å².